The first kappa shape index (κ1) is 21.6. The van der Waals surface area contributed by atoms with Crippen LogP contribution >= 0.6 is 0 Å². The highest BCUT2D eigenvalue weighted by molar-refractivity contribution is 7.92. The van der Waals surface area contributed by atoms with Crippen LogP contribution in [0.2, 0.25) is 0 Å². The van der Waals surface area contributed by atoms with E-state index in [0.717, 1.165) is 17.2 Å². The maximum Gasteiger partial charge on any atom is 0.417 e. The largest absolute Gasteiger partial charge is 0.417 e. The van der Waals surface area contributed by atoms with Gasteiger partial charge in [0.05, 0.1) is 16.2 Å². The molecule has 0 spiro atoms. The van der Waals surface area contributed by atoms with E-state index in [9.17, 15) is 21.6 Å². The zero-order chi connectivity index (χ0) is 22.9. The van der Waals surface area contributed by atoms with Crippen molar-refractivity contribution in [3.05, 3.63) is 90.1 Å². The van der Waals surface area contributed by atoms with Crippen LogP contribution in [0, 0.1) is 6.92 Å². The van der Waals surface area contributed by atoms with E-state index >= 15 is 0 Å². The van der Waals surface area contributed by atoms with Gasteiger partial charge in [0.25, 0.3) is 10.0 Å². The average Bonchev–Trinajstić information content (AvgIpc) is 3.17. The fraction of sp³-hybridized carbons (Fsp3) is 0.0870. The topological polar surface area (TPSA) is 72.2 Å². The number of hydrogen-bond acceptors (Lipinski definition) is 4. The molecule has 1 N–H and O–H groups in total. The van der Waals surface area contributed by atoms with Crippen molar-refractivity contribution >= 4 is 15.9 Å². The van der Waals surface area contributed by atoms with Gasteiger partial charge in [-0.3, -0.25) is 0 Å². The van der Waals surface area contributed by atoms with Crippen LogP contribution in [0.25, 0.3) is 22.3 Å². The highest BCUT2D eigenvalue weighted by Crippen LogP contribution is 2.37. The molecule has 0 fully saturated rings. The van der Waals surface area contributed by atoms with Crippen molar-refractivity contribution in [3.8, 4) is 22.3 Å². The van der Waals surface area contributed by atoms with Crippen molar-refractivity contribution in [2.45, 2.75) is 18.0 Å². The van der Waals surface area contributed by atoms with Crippen molar-refractivity contribution in [1.82, 2.24) is 5.16 Å². The molecule has 0 atom stereocenters. The summed E-state index contributed by atoms with van der Waals surface area (Å²) in [6.45, 7) is 1.67. The summed E-state index contributed by atoms with van der Waals surface area (Å²) in [6.07, 6.45) is -4.45. The first-order chi connectivity index (χ1) is 15.1. The molecule has 5 nitrogen and oxygen atoms in total. The summed E-state index contributed by atoms with van der Waals surface area (Å²) in [5.74, 6) is 0.0151. The second kappa shape index (κ2) is 8.16. The quantitative estimate of drug-likeness (QED) is 0.390. The Morgan fingerprint density at radius 2 is 1.41 bits per heavy atom. The number of rotatable bonds is 5. The van der Waals surface area contributed by atoms with Gasteiger partial charge in [0.1, 0.15) is 0 Å². The SMILES string of the molecule is Cc1cc(NS(=O)(=O)c2ccc(-c3ccc(-c4ccccc4C(F)(F)F)cc3)cc2)on1. The summed E-state index contributed by atoms with van der Waals surface area (Å²) >= 11 is 0. The molecule has 0 aliphatic heterocycles. The van der Waals surface area contributed by atoms with Crippen molar-refractivity contribution < 1.29 is 26.1 Å². The molecule has 9 heteroatoms. The third-order valence-corrected chi connectivity index (χ3v) is 6.15. The normalized spacial score (nSPS) is 12.0. The molecule has 0 saturated carbocycles. The standard InChI is InChI=1S/C23H17F3N2O3S/c1-15-14-22(31-27-15)28-32(29,30)19-12-10-17(11-13-19)16-6-8-18(9-7-16)20-4-2-3-5-21(20)23(24,25)26/h2-14,28H,1H3. The molecule has 0 saturated heterocycles. The minimum Gasteiger partial charge on any atom is -0.338 e. The van der Waals surface area contributed by atoms with E-state index in [-0.39, 0.29) is 16.3 Å². The molecule has 0 aliphatic rings. The number of aromatic nitrogens is 1. The molecular formula is C23H17F3N2O3S. The van der Waals surface area contributed by atoms with Gasteiger partial charge in [-0.1, -0.05) is 59.8 Å². The van der Waals surface area contributed by atoms with Crippen LogP contribution in [0.5, 0.6) is 0 Å². The highest BCUT2D eigenvalue weighted by Gasteiger charge is 2.33. The van der Waals surface area contributed by atoms with Crippen LogP contribution in [-0.4, -0.2) is 13.6 Å². The molecule has 4 aromatic rings. The van der Waals surface area contributed by atoms with Crippen LogP contribution in [0.4, 0.5) is 19.1 Å². The van der Waals surface area contributed by atoms with Crippen molar-refractivity contribution in [2.24, 2.45) is 0 Å². The number of sulfonamides is 1. The molecule has 4 rings (SSSR count). The predicted molar refractivity (Wildman–Crippen MR) is 114 cm³/mol. The number of halogens is 3. The van der Waals surface area contributed by atoms with E-state index in [2.05, 4.69) is 9.88 Å². The van der Waals surface area contributed by atoms with Crippen molar-refractivity contribution in [2.75, 3.05) is 4.72 Å². The van der Waals surface area contributed by atoms with E-state index in [1.165, 1.54) is 30.3 Å². The Labute approximate surface area is 182 Å². The molecule has 1 heterocycles. The fourth-order valence-electron chi connectivity index (χ4n) is 3.25. The number of nitrogens with one attached hydrogen (secondary N) is 1. The van der Waals surface area contributed by atoms with E-state index in [0.29, 0.717) is 11.3 Å². The summed E-state index contributed by atoms with van der Waals surface area (Å²) in [6, 6.07) is 19.6. The summed E-state index contributed by atoms with van der Waals surface area (Å²) < 4.78 is 72.0. The van der Waals surface area contributed by atoms with Crippen molar-refractivity contribution in [3.63, 3.8) is 0 Å². The van der Waals surface area contributed by atoms with E-state index in [1.807, 2.05) is 0 Å². The van der Waals surface area contributed by atoms with Crippen molar-refractivity contribution in [1.29, 1.82) is 0 Å². The number of nitrogens with zero attached hydrogens (tertiary/aromatic N) is 1. The number of alkyl halides is 3. The Morgan fingerprint density at radius 3 is 1.97 bits per heavy atom. The minimum absolute atomic E-state index is 0.0151. The molecular weight excluding hydrogens is 441 g/mol. The van der Waals surface area contributed by atoms with Gasteiger partial charge in [0, 0.05) is 6.07 Å². The van der Waals surface area contributed by atoms with Gasteiger partial charge in [-0.2, -0.15) is 13.2 Å². The second-order valence-electron chi connectivity index (χ2n) is 7.08. The lowest BCUT2D eigenvalue weighted by Crippen LogP contribution is -2.12. The number of hydrogen-bond donors (Lipinski definition) is 1. The zero-order valence-corrected chi connectivity index (χ0v) is 17.5. The lowest BCUT2D eigenvalue weighted by atomic mass is 9.97. The van der Waals surface area contributed by atoms with Gasteiger partial charge in [-0.15, -0.1) is 0 Å². The zero-order valence-electron chi connectivity index (χ0n) is 16.7. The third kappa shape index (κ3) is 4.52. The van der Waals surface area contributed by atoms with Gasteiger partial charge >= 0.3 is 6.18 Å². The Morgan fingerprint density at radius 1 is 0.844 bits per heavy atom. The average molecular weight is 458 g/mol. The summed E-state index contributed by atoms with van der Waals surface area (Å²) in [5.41, 5.74) is 1.83. The van der Waals surface area contributed by atoms with Crippen LogP contribution in [-0.2, 0) is 16.2 Å². The molecule has 32 heavy (non-hydrogen) atoms. The molecule has 0 aliphatic carbocycles. The first-order valence-electron chi connectivity index (χ1n) is 9.47. The molecule has 1 aromatic heterocycles. The molecule has 0 radical (unpaired) electrons. The maximum absolute atomic E-state index is 13.3. The highest BCUT2D eigenvalue weighted by atomic mass is 32.2. The smallest absolute Gasteiger partial charge is 0.338 e. The molecule has 164 valence electrons. The van der Waals surface area contributed by atoms with Gasteiger partial charge in [0.15, 0.2) is 0 Å². The number of benzene rings is 3. The van der Waals surface area contributed by atoms with Gasteiger partial charge in [-0.25, -0.2) is 13.1 Å². The Bertz CT molecular complexity index is 1340. The number of anilines is 1. The Hall–Kier alpha value is -3.59. The Balaban J connectivity index is 1.57. The molecule has 0 unspecified atom stereocenters. The van der Waals surface area contributed by atoms with Gasteiger partial charge in [0.2, 0.25) is 5.88 Å². The third-order valence-electron chi connectivity index (χ3n) is 4.79. The van der Waals surface area contributed by atoms with E-state index in [1.54, 1.807) is 49.4 Å². The lowest BCUT2D eigenvalue weighted by Gasteiger charge is -2.13. The van der Waals surface area contributed by atoms with Crippen LogP contribution in [0.15, 0.2) is 88.3 Å². The summed E-state index contributed by atoms with van der Waals surface area (Å²) in [5, 5.41) is 3.63. The van der Waals surface area contributed by atoms with E-state index in [4.69, 9.17) is 4.52 Å². The van der Waals surface area contributed by atoms with Crippen LogP contribution < -0.4 is 4.72 Å². The lowest BCUT2D eigenvalue weighted by molar-refractivity contribution is -0.137. The van der Waals surface area contributed by atoms with Gasteiger partial charge in [-0.05, 0) is 47.4 Å². The Kier molecular flexibility index (Phi) is 5.52. The number of aryl methyl sites for hydroxylation is 1. The fourth-order valence-corrected chi connectivity index (χ4v) is 4.23. The first-order valence-corrected chi connectivity index (χ1v) is 10.9. The van der Waals surface area contributed by atoms with Crippen LogP contribution in [0.1, 0.15) is 11.3 Å². The molecule has 0 bridgehead atoms. The van der Waals surface area contributed by atoms with Gasteiger partial charge < -0.3 is 4.52 Å². The summed E-state index contributed by atoms with van der Waals surface area (Å²) in [7, 11) is -3.85. The molecule has 0 amide bonds. The maximum atomic E-state index is 13.3. The molecule has 3 aromatic carbocycles. The van der Waals surface area contributed by atoms with Crippen LogP contribution in [0.3, 0.4) is 0 Å². The predicted octanol–water partition coefficient (Wildman–Crippen LogP) is 6.14. The monoisotopic (exact) mass is 458 g/mol. The second-order valence-corrected chi connectivity index (χ2v) is 8.77. The minimum atomic E-state index is -4.45. The van der Waals surface area contributed by atoms with E-state index < -0.39 is 21.8 Å². The summed E-state index contributed by atoms with van der Waals surface area (Å²) in [4.78, 5) is 0.0334.